The van der Waals surface area contributed by atoms with Crippen LogP contribution in [-0.2, 0) is 4.79 Å². The molecule has 2 nitrogen and oxygen atoms in total. The lowest BCUT2D eigenvalue weighted by atomic mass is 9.98. The first-order valence-corrected chi connectivity index (χ1v) is 4.15. The third kappa shape index (κ3) is 1.88. The lowest BCUT2D eigenvalue weighted by molar-refractivity contribution is -0.127. The normalized spacial score (nSPS) is 18.4. The fourth-order valence-electron chi connectivity index (χ4n) is 1.40. The van der Waals surface area contributed by atoms with E-state index in [1.165, 1.54) is 6.08 Å². The molecule has 0 radical (unpaired) electrons. The van der Waals surface area contributed by atoms with Crippen molar-refractivity contribution in [2.45, 2.75) is 12.8 Å². The molecule has 1 heterocycles. The van der Waals surface area contributed by atoms with Gasteiger partial charge in [-0.3, -0.25) is 4.79 Å². The van der Waals surface area contributed by atoms with Gasteiger partial charge in [0.05, 0.1) is 0 Å². The minimum Gasteiger partial charge on any atom is -0.339 e. The van der Waals surface area contributed by atoms with Crippen molar-refractivity contribution in [3.05, 3.63) is 12.7 Å². The second-order valence-corrected chi connectivity index (χ2v) is 2.97. The molecule has 1 aliphatic rings. The first kappa shape index (κ1) is 8.86. The topological polar surface area (TPSA) is 20.3 Å². The summed E-state index contributed by atoms with van der Waals surface area (Å²) in [5, 5.41) is 0. The first-order chi connectivity index (χ1) is 5.77. The Hall–Kier alpha value is -1.23. The lowest BCUT2D eigenvalue weighted by Gasteiger charge is -2.28. The van der Waals surface area contributed by atoms with Crippen LogP contribution in [0.5, 0.6) is 0 Å². The molecule has 0 spiro atoms. The highest BCUT2D eigenvalue weighted by molar-refractivity contribution is 5.87. The van der Waals surface area contributed by atoms with Crippen LogP contribution >= 0.6 is 0 Å². The molecule has 1 fully saturated rings. The number of hydrogen-bond donors (Lipinski definition) is 0. The molecule has 0 atom stereocenters. The van der Waals surface area contributed by atoms with E-state index in [0.29, 0.717) is 5.92 Å². The van der Waals surface area contributed by atoms with E-state index < -0.39 is 0 Å². The van der Waals surface area contributed by atoms with Crippen molar-refractivity contribution in [3.63, 3.8) is 0 Å². The van der Waals surface area contributed by atoms with Gasteiger partial charge in [0.25, 0.3) is 0 Å². The van der Waals surface area contributed by atoms with Crippen LogP contribution in [0, 0.1) is 18.3 Å². The summed E-state index contributed by atoms with van der Waals surface area (Å²) in [5.74, 6) is 3.10. The highest BCUT2D eigenvalue weighted by Crippen LogP contribution is 2.15. The maximum atomic E-state index is 11.1. The summed E-state index contributed by atoms with van der Waals surface area (Å²) in [6.45, 7) is 5.00. The molecule has 0 saturated carbocycles. The third-order valence-electron chi connectivity index (χ3n) is 2.22. The Labute approximate surface area is 73.2 Å². The SMILES string of the molecule is C#CC1CCN(C(=O)C=C)CC1. The van der Waals surface area contributed by atoms with Gasteiger partial charge < -0.3 is 4.90 Å². The zero-order valence-corrected chi connectivity index (χ0v) is 7.12. The maximum Gasteiger partial charge on any atom is 0.245 e. The summed E-state index contributed by atoms with van der Waals surface area (Å²) >= 11 is 0. The summed E-state index contributed by atoms with van der Waals surface area (Å²) in [5.41, 5.74) is 0. The van der Waals surface area contributed by atoms with Gasteiger partial charge in [0.1, 0.15) is 0 Å². The highest BCUT2D eigenvalue weighted by Gasteiger charge is 2.19. The maximum absolute atomic E-state index is 11.1. The molecular weight excluding hydrogens is 150 g/mol. The molecule has 64 valence electrons. The molecule has 0 aliphatic carbocycles. The minimum atomic E-state index is 0.0190. The van der Waals surface area contributed by atoms with Gasteiger partial charge in [0, 0.05) is 19.0 Å². The average Bonchev–Trinajstić information content (AvgIpc) is 2.17. The molecule has 2 heteroatoms. The second kappa shape index (κ2) is 3.96. The molecule has 12 heavy (non-hydrogen) atoms. The monoisotopic (exact) mass is 163 g/mol. The van der Waals surface area contributed by atoms with Gasteiger partial charge >= 0.3 is 0 Å². The summed E-state index contributed by atoms with van der Waals surface area (Å²) in [7, 11) is 0. The summed E-state index contributed by atoms with van der Waals surface area (Å²) in [6.07, 6.45) is 8.49. The number of terminal acetylenes is 1. The molecule has 0 aromatic heterocycles. The number of carbonyl (C=O) groups is 1. The fourth-order valence-corrected chi connectivity index (χ4v) is 1.40. The highest BCUT2D eigenvalue weighted by atomic mass is 16.2. The number of hydrogen-bond acceptors (Lipinski definition) is 1. The fraction of sp³-hybridized carbons (Fsp3) is 0.500. The van der Waals surface area contributed by atoms with Crippen LogP contribution in [0.1, 0.15) is 12.8 Å². The summed E-state index contributed by atoms with van der Waals surface area (Å²) < 4.78 is 0. The Morgan fingerprint density at radius 3 is 2.58 bits per heavy atom. The second-order valence-electron chi connectivity index (χ2n) is 2.97. The Morgan fingerprint density at radius 2 is 2.17 bits per heavy atom. The lowest BCUT2D eigenvalue weighted by Crippen LogP contribution is -2.37. The zero-order chi connectivity index (χ0) is 8.97. The van der Waals surface area contributed by atoms with Crippen molar-refractivity contribution in [3.8, 4) is 12.3 Å². The Kier molecular flexibility index (Phi) is 2.93. The van der Waals surface area contributed by atoms with Gasteiger partial charge in [0.2, 0.25) is 5.91 Å². The van der Waals surface area contributed by atoms with Gasteiger partial charge in [0.15, 0.2) is 0 Å². The van der Waals surface area contributed by atoms with Crippen LogP contribution in [0.25, 0.3) is 0 Å². The van der Waals surface area contributed by atoms with E-state index in [-0.39, 0.29) is 5.91 Å². The molecule has 0 bridgehead atoms. The minimum absolute atomic E-state index is 0.0190. The number of likely N-dealkylation sites (tertiary alicyclic amines) is 1. The molecule has 0 aromatic rings. The van der Waals surface area contributed by atoms with Crippen LogP contribution < -0.4 is 0 Å². The van der Waals surface area contributed by atoms with Crippen LogP contribution in [0.15, 0.2) is 12.7 Å². The number of nitrogens with zero attached hydrogens (tertiary/aromatic N) is 1. The van der Waals surface area contributed by atoms with Crippen molar-refractivity contribution in [1.29, 1.82) is 0 Å². The van der Waals surface area contributed by atoms with Crippen molar-refractivity contribution >= 4 is 5.91 Å². The molecule has 0 N–H and O–H groups in total. The molecule has 1 amide bonds. The zero-order valence-electron chi connectivity index (χ0n) is 7.12. The molecule has 1 aliphatic heterocycles. The van der Waals surface area contributed by atoms with E-state index in [2.05, 4.69) is 12.5 Å². The number of amides is 1. The van der Waals surface area contributed by atoms with Crippen LogP contribution in [0.3, 0.4) is 0 Å². The predicted octanol–water partition coefficient (Wildman–Crippen LogP) is 1.04. The summed E-state index contributed by atoms with van der Waals surface area (Å²) in [6, 6.07) is 0. The molecule has 1 saturated heterocycles. The number of rotatable bonds is 1. The Morgan fingerprint density at radius 1 is 1.58 bits per heavy atom. The van der Waals surface area contributed by atoms with Gasteiger partial charge in [-0.1, -0.05) is 6.58 Å². The van der Waals surface area contributed by atoms with Crippen LogP contribution in [0.4, 0.5) is 0 Å². The molecule has 1 rings (SSSR count). The van der Waals surface area contributed by atoms with Crippen LogP contribution in [-0.4, -0.2) is 23.9 Å². The van der Waals surface area contributed by atoms with E-state index >= 15 is 0 Å². The van der Waals surface area contributed by atoms with E-state index in [1.807, 2.05) is 0 Å². The third-order valence-corrected chi connectivity index (χ3v) is 2.22. The standard InChI is InChI=1S/C10H13NO/c1-3-9-5-7-11(8-6-9)10(12)4-2/h1,4,9H,2,5-8H2. The van der Waals surface area contributed by atoms with Crippen molar-refractivity contribution in [2.24, 2.45) is 5.92 Å². The summed E-state index contributed by atoms with van der Waals surface area (Å²) in [4.78, 5) is 12.9. The van der Waals surface area contributed by atoms with Gasteiger partial charge in [-0.05, 0) is 18.9 Å². The first-order valence-electron chi connectivity index (χ1n) is 4.15. The van der Waals surface area contributed by atoms with E-state index in [9.17, 15) is 4.79 Å². The average molecular weight is 163 g/mol. The largest absolute Gasteiger partial charge is 0.339 e. The Bertz CT molecular complexity index is 218. The molecule has 0 aromatic carbocycles. The van der Waals surface area contributed by atoms with Gasteiger partial charge in [-0.2, -0.15) is 0 Å². The Balaban J connectivity index is 2.41. The quantitative estimate of drug-likeness (QED) is 0.418. The van der Waals surface area contributed by atoms with Crippen LogP contribution in [0.2, 0.25) is 0 Å². The number of carbonyl (C=O) groups excluding carboxylic acids is 1. The molecule has 0 unspecified atom stereocenters. The smallest absolute Gasteiger partial charge is 0.245 e. The van der Waals surface area contributed by atoms with Crippen molar-refractivity contribution in [1.82, 2.24) is 4.90 Å². The van der Waals surface area contributed by atoms with E-state index in [1.54, 1.807) is 4.90 Å². The molecular formula is C10H13NO. The van der Waals surface area contributed by atoms with Crippen molar-refractivity contribution in [2.75, 3.05) is 13.1 Å². The van der Waals surface area contributed by atoms with E-state index in [4.69, 9.17) is 6.42 Å². The van der Waals surface area contributed by atoms with Gasteiger partial charge in [-0.25, -0.2) is 0 Å². The van der Waals surface area contributed by atoms with Crippen molar-refractivity contribution < 1.29 is 4.79 Å². The predicted molar refractivity (Wildman–Crippen MR) is 48.3 cm³/mol. The number of piperidine rings is 1. The van der Waals surface area contributed by atoms with E-state index in [0.717, 1.165) is 25.9 Å². The van der Waals surface area contributed by atoms with Gasteiger partial charge in [-0.15, -0.1) is 12.3 Å².